The second kappa shape index (κ2) is 8.20. The topological polar surface area (TPSA) is 62.1 Å². The van der Waals surface area contributed by atoms with Crippen LogP contribution in [-0.4, -0.2) is 23.3 Å². The number of ether oxygens (including phenoxy) is 1. The molecule has 0 spiro atoms. The number of hydrogen-bond acceptors (Lipinski definition) is 4. The number of phenols is 1. The molecule has 2 aromatic carbocycles. The average molecular weight is 538 g/mol. The second-order valence-corrected chi connectivity index (χ2v) is 7.22. The molecule has 1 heterocycles. The molecule has 30 heavy (non-hydrogen) atoms. The molecule has 0 saturated heterocycles. The minimum atomic E-state index is -2.33. The van der Waals surface area contributed by atoms with Gasteiger partial charge in [-0.15, -0.1) is 0 Å². The van der Waals surface area contributed by atoms with Crippen molar-refractivity contribution in [3.8, 4) is 11.5 Å². The second-order valence-electron chi connectivity index (χ2n) is 6.06. The van der Waals surface area contributed by atoms with Crippen LogP contribution >= 0.6 is 22.6 Å². The third kappa shape index (κ3) is 3.61. The number of hydrogen-bond donors (Lipinski definition) is 1. The third-order valence-electron chi connectivity index (χ3n) is 4.12. The van der Waals surface area contributed by atoms with E-state index in [-0.39, 0.29) is 34.4 Å². The van der Waals surface area contributed by atoms with E-state index in [9.17, 15) is 31.9 Å². The first-order chi connectivity index (χ1) is 14.1. The van der Waals surface area contributed by atoms with Gasteiger partial charge in [0.05, 0.1) is 21.5 Å². The molecule has 1 aliphatic heterocycles. The zero-order valence-corrected chi connectivity index (χ0v) is 17.5. The molecular formula is C19H12F5IN2O3. The summed E-state index contributed by atoms with van der Waals surface area (Å²) in [7, 11) is 0. The summed E-state index contributed by atoms with van der Waals surface area (Å²) in [5, 5.41) is 13.8. The van der Waals surface area contributed by atoms with Gasteiger partial charge >= 0.3 is 0 Å². The van der Waals surface area contributed by atoms with Crippen molar-refractivity contribution >= 4 is 46.0 Å². The van der Waals surface area contributed by atoms with Gasteiger partial charge in [-0.25, -0.2) is 22.0 Å². The van der Waals surface area contributed by atoms with E-state index in [2.05, 4.69) is 5.10 Å². The maximum atomic E-state index is 14.1. The van der Waals surface area contributed by atoms with Crippen LogP contribution in [0, 0.1) is 32.7 Å². The van der Waals surface area contributed by atoms with E-state index in [1.807, 2.05) is 22.6 Å². The van der Waals surface area contributed by atoms with Gasteiger partial charge in [-0.3, -0.25) is 4.79 Å². The largest absolute Gasteiger partial charge is 0.504 e. The van der Waals surface area contributed by atoms with Gasteiger partial charge in [-0.05, 0) is 60.2 Å². The fourth-order valence-corrected chi connectivity index (χ4v) is 3.35. The number of amides is 1. The first-order valence-corrected chi connectivity index (χ1v) is 9.44. The number of carbonyl (C=O) groups excluding carboxylic acids is 1. The number of benzene rings is 2. The molecule has 0 aliphatic carbocycles. The van der Waals surface area contributed by atoms with Crippen LogP contribution in [0.1, 0.15) is 19.4 Å². The lowest BCUT2D eigenvalue weighted by Crippen LogP contribution is -2.25. The Kier molecular flexibility index (Phi) is 6.01. The molecule has 3 rings (SSSR count). The Bertz CT molecular complexity index is 1100. The lowest BCUT2D eigenvalue weighted by atomic mass is 10.1. The van der Waals surface area contributed by atoms with Gasteiger partial charge in [-0.1, -0.05) is 0 Å². The molecule has 0 unspecified atom stereocenters. The Hall–Kier alpha value is -2.70. The summed E-state index contributed by atoms with van der Waals surface area (Å²) in [4.78, 5) is 12.7. The van der Waals surface area contributed by atoms with Crippen LogP contribution in [0.5, 0.6) is 11.5 Å². The number of aromatic hydroxyl groups is 1. The van der Waals surface area contributed by atoms with Crippen molar-refractivity contribution in [2.24, 2.45) is 5.10 Å². The zero-order chi connectivity index (χ0) is 22.3. The fraction of sp³-hybridized carbons (Fsp3) is 0.158. The van der Waals surface area contributed by atoms with Crippen molar-refractivity contribution in [2.75, 3.05) is 11.6 Å². The minimum absolute atomic E-state index is 0.00927. The molecular weight excluding hydrogens is 526 g/mol. The quantitative estimate of drug-likeness (QED) is 0.198. The molecule has 0 atom stereocenters. The summed E-state index contributed by atoms with van der Waals surface area (Å²) in [6.45, 7) is 3.30. The van der Waals surface area contributed by atoms with Gasteiger partial charge in [0.25, 0.3) is 5.91 Å². The predicted octanol–water partition coefficient (Wildman–Crippen LogP) is 4.90. The van der Waals surface area contributed by atoms with E-state index in [0.29, 0.717) is 9.13 Å². The normalized spacial score (nSPS) is 15.2. The minimum Gasteiger partial charge on any atom is -0.504 e. The van der Waals surface area contributed by atoms with E-state index >= 15 is 0 Å². The number of carbonyl (C=O) groups is 1. The first-order valence-electron chi connectivity index (χ1n) is 8.36. The highest BCUT2D eigenvalue weighted by Crippen LogP contribution is 2.36. The van der Waals surface area contributed by atoms with Crippen molar-refractivity contribution < 1.29 is 36.6 Å². The Labute approximate surface area is 180 Å². The zero-order valence-electron chi connectivity index (χ0n) is 15.4. The lowest BCUT2D eigenvalue weighted by molar-refractivity contribution is -0.114. The number of halogens is 6. The number of anilines is 1. The highest BCUT2D eigenvalue weighted by Gasteiger charge is 2.37. The Balaban J connectivity index is 2.08. The monoisotopic (exact) mass is 538 g/mol. The van der Waals surface area contributed by atoms with Crippen LogP contribution in [0.2, 0.25) is 0 Å². The molecule has 0 radical (unpaired) electrons. The molecule has 0 aromatic heterocycles. The van der Waals surface area contributed by atoms with E-state index in [1.54, 1.807) is 6.92 Å². The number of phenolic OH excluding ortho intramolecular Hbond substituents is 1. The summed E-state index contributed by atoms with van der Waals surface area (Å²) < 4.78 is 74.2. The Morgan fingerprint density at radius 2 is 1.67 bits per heavy atom. The van der Waals surface area contributed by atoms with E-state index in [1.165, 1.54) is 25.1 Å². The van der Waals surface area contributed by atoms with Crippen LogP contribution in [0.25, 0.3) is 6.08 Å². The molecule has 0 fully saturated rings. The van der Waals surface area contributed by atoms with Gasteiger partial charge < -0.3 is 9.84 Å². The van der Waals surface area contributed by atoms with Crippen molar-refractivity contribution in [1.82, 2.24) is 0 Å². The van der Waals surface area contributed by atoms with Crippen molar-refractivity contribution in [3.05, 3.63) is 55.9 Å². The first kappa shape index (κ1) is 22.0. The molecule has 0 bridgehead atoms. The molecule has 11 heteroatoms. The Morgan fingerprint density at radius 3 is 2.23 bits per heavy atom. The number of hydrazone groups is 1. The van der Waals surface area contributed by atoms with Crippen LogP contribution in [0.4, 0.5) is 27.6 Å². The van der Waals surface area contributed by atoms with Gasteiger partial charge in [0.2, 0.25) is 5.82 Å². The molecule has 1 N–H and O–H groups in total. The van der Waals surface area contributed by atoms with Gasteiger partial charge in [0.1, 0.15) is 5.69 Å². The van der Waals surface area contributed by atoms with Gasteiger partial charge in [-0.2, -0.15) is 10.1 Å². The highest BCUT2D eigenvalue weighted by atomic mass is 127. The highest BCUT2D eigenvalue weighted by molar-refractivity contribution is 14.1. The average Bonchev–Trinajstić information content (AvgIpc) is 2.97. The maximum absolute atomic E-state index is 14.1. The SMILES string of the molecule is CCOc1cc(/C=C2\C(=O)N(c3c(F)c(F)c(F)c(F)c3F)N=C2C)cc(I)c1O. The standard InChI is InChI=1S/C19H12F5IN2O3/c1-3-30-11-6-8(5-10(25)18(11)28)4-9-7(2)26-27(19(9)29)17-15(23)13(21)12(20)14(22)16(17)24/h4-6,28H,3H2,1-2H3/b9-4-. The van der Waals surface area contributed by atoms with Crippen LogP contribution in [0.3, 0.4) is 0 Å². The summed E-state index contributed by atoms with van der Waals surface area (Å²) in [6.07, 6.45) is 1.30. The molecule has 0 saturated carbocycles. The van der Waals surface area contributed by atoms with E-state index < -0.39 is 40.7 Å². The molecule has 1 aliphatic rings. The molecule has 1 amide bonds. The third-order valence-corrected chi connectivity index (χ3v) is 4.94. The predicted molar refractivity (Wildman–Crippen MR) is 107 cm³/mol. The maximum Gasteiger partial charge on any atom is 0.280 e. The van der Waals surface area contributed by atoms with Crippen LogP contribution in [-0.2, 0) is 4.79 Å². The smallest absolute Gasteiger partial charge is 0.280 e. The Morgan fingerprint density at radius 1 is 1.10 bits per heavy atom. The van der Waals surface area contributed by atoms with Gasteiger partial charge in [0, 0.05) is 0 Å². The lowest BCUT2D eigenvalue weighted by Gasteiger charge is -2.15. The van der Waals surface area contributed by atoms with Crippen molar-refractivity contribution in [1.29, 1.82) is 0 Å². The van der Waals surface area contributed by atoms with Crippen molar-refractivity contribution in [2.45, 2.75) is 13.8 Å². The summed E-state index contributed by atoms with van der Waals surface area (Å²) in [5.41, 5.74) is -1.22. The fourth-order valence-electron chi connectivity index (χ4n) is 2.72. The van der Waals surface area contributed by atoms with Crippen LogP contribution in [0.15, 0.2) is 22.8 Å². The summed E-state index contributed by atoms with van der Waals surface area (Å²) in [6, 6.07) is 2.93. The van der Waals surface area contributed by atoms with Crippen LogP contribution < -0.4 is 9.75 Å². The molecule has 2 aromatic rings. The van der Waals surface area contributed by atoms with Gasteiger partial charge in [0.15, 0.2) is 34.8 Å². The number of rotatable bonds is 4. The number of nitrogens with zero attached hydrogens (tertiary/aromatic N) is 2. The summed E-state index contributed by atoms with van der Waals surface area (Å²) >= 11 is 1.84. The summed E-state index contributed by atoms with van der Waals surface area (Å²) in [5.74, 6) is -12.1. The van der Waals surface area contributed by atoms with E-state index in [0.717, 1.165) is 0 Å². The molecule has 158 valence electrons. The van der Waals surface area contributed by atoms with E-state index in [4.69, 9.17) is 4.74 Å². The molecule has 5 nitrogen and oxygen atoms in total. The van der Waals surface area contributed by atoms with Crippen molar-refractivity contribution in [3.63, 3.8) is 0 Å².